The van der Waals surface area contributed by atoms with Crippen molar-refractivity contribution in [3.8, 4) is 17.6 Å². The van der Waals surface area contributed by atoms with E-state index in [0.29, 0.717) is 17.5 Å². The van der Waals surface area contributed by atoms with E-state index in [4.69, 9.17) is 15.1 Å². The minimum Gasteiger partial charge on any atom is -0.504 e. The highest BCUT2D eigenvalue weighted by molar-refractivity contribution is 5.64. The number of hydrogen-bond donors (Lipinski definition) is 2. The van der Waals surface area contributed by atoms with Crippen LogP contribution in [0.25, 0.3) is 6.08 Å². The molecule has 4 nitrogen and oxygen atoms in total. The van der Waals surface area contributed by atoms with Crippen molar-refractivity contribution < 1.29 is 14.9 Å². The molecule has 0 atom stereocenters. The molecule has 0 heterocycles. The summed E-state index contributed by atoms with van der Waals surface area (Å²) >= 11 is 0. The van der Waals surface area contributed by atoms with Gasteiger partial charge in [0.15, 0.2) is 11.5 Å². The lowest BCUT2D eigenvalue weighted by atomic mass is 10.1. The molecule has 2 N–H and O–H groups in total. The van der Waals surface area contributed by atoms with E-state index in [1.807, 2.05) is 6.07 Å². The molecule has 0 saturated carbocycles. The van der Waals surface area contributed by atoms with Gasteiger partial charge in [-0.3, -0.25) is 0 Å². The van der Waals surface area contributed by atoms with Gasteiger partial charge in [-0.25, -0.2) is 0 Å². The SMILES string of the molecule is COc1cc(C#N)cc(C=CCCO)c1O. The zero-order valence-corrected chi connectivity index (χ0v) is 8.97. The summed E-state index contributed by atoms with van der Waals surface area (Å²) < 4.78 is 4.95. The summed E-state index contributed by atoms with van der Waals surface area (Å²) in [7, 11) is 1.43. The molecule has 4 heteroatoms. The Morgan fingerprint density at radius 2 is 2.25 bits per heavy atom. The largest absolute Gasteiger partial charge is 0.504 e. The summed E-state index contributed by atoms with van der Waals surface area (Å²) in [5.74, 6) is 0.262. The molecule has 0 radical (unpaired) electrons. The number of benzene rings is 1. The maximum Gasteiger partial charge on any atom is 0.165 e. The number of hydrogen-bond acceptors (Lipinski definition) is 4. The summed E-state index contributed by atoms with van der Waals surface area (Å²) in [5.41, 5.74) is 0.919. The number of aromatic hydroxyl groups is 1. The van der Waals surface area contributed by atoms with Gasteiger partial charge in [-0.2, -0.15) is 5.26 Å². The van der Waals surface area contributed by atoms with Crippen LogP contribution in [-0.4, -0.2) is 23.9 Å². The molecule has 0 bridgehead atoms. The Kier molecular flexibility index (Phi) is 4.37. The first-order valence-electron chi connectivity index (χ1n) is 4.81. The third-order valence-electron chi connectivity index (χ3n) is 2.05. The molecule has 84 valence electrons. The Bertz CT molecular complexity index is 433. The number of ether oxygens (including phenoxy) is 1. The second kappa shape index (κ2) is 5.79. The van der Waals surface area contributed by atoms with E-state index in [1.54, 1.807) is 18.2 Å². The number of methoxy groups -OCH3 is 1. The van der Waals surface area contributed by atoms with Crippen LogP contribution in [0.15, 0.2) is 18.2 Å². The summed E-state index contributed by atoms with van der Waals surface area (Å²) in [4.78, 5) is 0. The van der Waals surface area contributed by atoms with E-state index in [9.17, 15) is 5.11 Å². The quantitative estimate of drug-likeness (QED) is 0.807. The Morgan fingerprint density at radius 1 is 1.50 bits per heavy atom. The zero-order chi connectivity index (χ0) is 12.0. The highest BCUT2D eigenvalue weighted by Gasteiger charge is 2.08. The predicted molar refractivity (Wildman–Crippen MR) is 60.1 cm³/mol. The van der Waals surface area contributed by atoms with Gasteiger partial charge >= 0.3 is 0 Å². The minimum atomic E-state index is -0.00399. The molecule has 1 aromatic carbocycles. The maximum absolute atomic E-state index is 9.76. The Hall–Kier alpha value is -1.99. The fourth-order valence-corrected chi connectivity index (χ4v) is 1.26. The lowest BCUT2D eigenvalue weighted by Crippen LogP contribution is -1.88. The lowest BCUT2D eigenvalue weighted by molar-refractivity contribution is 0.303. The Morgan fingerprint density at radius 3 is 2.81 bits per heavy atom. The van der Waals surface area contributed by atoms with Crippen molar-refractivity contribution in [3.63, 3.8) is 0 Å². The van der Waals surface area contributed by atoms with Gasteiger partial charge in [-0.1, -0.05) is 12.2 Å². The molecule has 0 aromatic heterocycles. The van der Waals surface area contributed by atoms with Gasteiger partial charge in [0.05, 0.1) is 18.7 Å². The first-order valence-corrected chi connectivity index (χ1v) is 4.81. The smallest absolute Gasteiger partial charge is 0.165 e. The van der Waals surface area contributed by atoms with E-state index < -0.39 is 0 Å². The van der Waals surface area contributed by atoms with Crippen molar-refractivity contribution in [2.24, 2.45) is 0 Å². The molecular formula is C12H13NO3. The normalized spacial score (nSPS) is 10.3. The Balaban J connectivity index is 3.12. The van der Waals surface area contributed by atoms with Gasteiger partial charge in [-0.15, -0.1) is 0 Å². The molecule has 16 heavy (non-hydrogen) atoms. The van der Waals surface area contributed by atoms with Crippen LogP contribution in [0.2, 0.25) is 0 Å². The lowest BCUT2D eigenvalue weighted by Gasteiger charge is -2.06. The molecule has 1 rings (SSSR count). The van der Waals surface area contributed by atoms with E-state index in [-0.39, 0.29) is 18.1 Å². The van der Waals surface area contributed by atoms with Gasteiger partial charge in [0.2, 0.25) is 0 Å². The third kappa shape index (κ3) is 2.75. The number of nitrogens with zero attached hydrogens (tertiary/aromatic N) is 1. The van der Waals surface area contributed by atoms with Crippen molar-refractivity contribution in [1.82, 2.24) is 0 Å². The first-order chi connectivity index (χ1) is 7.72. The second-order valence-corrected chi connectivity index (χ2v) is 3.14. The van der Waals surface area contributed by atoms with E-state index >= 15 is 0 Å². The average molecular weight is 219 g/mol. The standard InChI is InChI=1S/C12H13NO3/c1-16-11-7-9(8-13)6-10(12(11)15)4-2-3-5-14/h2,4,6-7,14-15H,3,5H2,1H3. The van der Waals surface area contributed by atoms with E-state index in [2.05, 4.69) is 0 Å². The number of aliphatic hydroxyl groups is 1. The van der Waals surface area contributed by atoms with Crippen LogP contribution < -0.4 is 4.74 Å². The molecule has 0 saturated heterocycles. The van der Waals surface area contributed by atoms with E-state index in [1.165, 1.54) is 13.2 Å². The molecule has 1 aromatic rings. The van der Waals surface area contributed by atoms with Crippen molar-refractivity contribution >= 4 is 6.08 Å². The molecule has 0 unspecified atom stereocenters. The number of rotatable bonds is 4. The van der Waals surface area contributed by atoms with Crippen LogP contribution in [-0.2, 0) is 0 Å². The van der Waals surface area contributed by atoms with E-state index in [0.717, 1.165) is 0 Å². The van der Waals surface area contributed by atoms with Gasteiger partial charge in [0.1, 0.15) is 0 Å². The van der Waals surface area contributed by atoms with Crippen LogP contribution in [0.3, 0.4) is 0 Å². The Labute approximate surface area is 94.0 Å². The molecular weight excluding hydrogens is 206 g/mol. The molecule has 0 spiro atoms. The van der Waals surface area contributed by atoms with Gasteiger partial charge in [-0.05, 0) is 12.5 Å². The molecule has 0 aliphatic heterocycles. The van der Waals surface area contributed by atoms with Crippen molar-refractivity contribution in [2.75, 3.05) is 13.7 Å². The predicted octanol–water partition coefficient (Wildman–Crippen LogP) is 1.67. The van der Waals surface area contributed by atoms with Crippen molar-refractivity contribution in [2.45, 2.75) is 6.42 Å². The highest BCUT2D eigenvalue weighted by atomic mass is 16.5. The summed E-state index contributed by atoms with van der Waals surface area (Å²) in [6.07, 6.45) is 3.86. The van der Waals surface area contributed by atoms with Crippen LogP contribution in [0.5, 0.6) is 11.5 Å². The first kappa shape index (κ1) is 12.1. The minimum absolute atomic E-state index is 0.00399. The van der Waals surface area contributed by atoms with Crippen molar-refractivity contribution in [1.29, 1.82) is 5.26 Å². The van der Waals surface area contributed by atoms with Gasteiger partial charge in [0, 0.05) is 18.2 Å². The van der Waals surface area contributed by atoms with Crippen LogP contribution in [0.4, 0.5) is 0 Å². The molecule has 0 amide bonds. The molecule has 0 aliphatic rings. The summed E-state index contributed by atoms with van der Waals surface area (Å²) in [6.45, 7) is 0.0480. The topological polar surface area (TPSA) is 73.5 Å². The summed E-state index contributed by atoms with van der Waals surface area (Å²) in [6, 6.07) is 5.02. The van der Waals surface area contributed by atoms with Crippen LogP contribution >= 0.6 is 0 Å². The second-order valence-electron chi connectivity index (χ2n) is 3.14. The fraction of sp³-hybridized carbons (Fsp3) is 0.250. The molecule has 0 fully saturated rings. The fourth-order valence-electron chi connectivity index (χ4n) is 1.26. The monoisotopic (exact) mass is 219 g/mol. The van der Waals surface area contributed by atoms with Crippen LogP contribution in [0.1, 0.15) is 17.5 Å². The number of phenols is 1. The summed E-state index contributed by atoms with van der Waals surface area (Å²) in [5, 5.41) is 27.2. The highest BCUT2D eigenvalue weighted by Crippen LogP contribution is 2.32. The number of nitriles is 1. The van der Waals surface area contributed by atoms with Gasteiger partial charge < -0.3 is 14.9 Å². The van der Waals surface area contributed by atoms with Gasteiger partial charge in [0.25, 0.3) is 0 Å². The zero-order valence-electron chi connectivity index (χ0n) is 8.97. The maximum atomic E-state index is 9.76. The molecule has 0 aliphatic carbocycles. The van der Waals surface area contributed by atoms with Crippen LogP contribution in [0, 0.1) is 11.3 Å². The average Bonchev–Trinajstić information content (AvgIpc) is 2.31. The number of phenolic OH excluding ortho intramolecular Hbond substituents is 1. The number of aliphatic hydroxyl groups excluding tert-OH is 1. The van der Waals surface area contributed by atoms with Crippen molar-refractivity contribution in [3.05, 3.63) is 29.3 Å². The third-order valence-corrected chi connectivity index (χ3v) is 2.05.